The minimum atomic E-state index is -4.79. The Morgan fingerprint density at radius 3 is 2.48 bits per heavy atom. The number of aromatic nitrogens is 4. The van der Waals surface area contributed by atoms with Crippen molar-refractivity contribution in [2.75, 3.05) is 5.32 Å². The summed E-state index contributed by atoms with van der Waals surface area (Å²) in [7, 11) is 1.44. The first-order chi connectivity index (χ1) is 18.8. The first-order valence-electron chi connectivity index (χ1n) is 11.5. The molecule has 0 fully saturated rings. The number of hydrogen-bond acceptors (Lipinski definition) is 6. The number of benzene rings is 3. The van der Waals surface area contributed by atoms with Crippen LogP contribution in [0.3, 0.4) is 0 Å². The third kappa shape index (κ3) is 4.84. The molecule has 0 radical (unpaired) electrons. The fourth-order valence-corrected chi connectivity index (χ4v) is 5.29. The van der Waals surface area contributed by atoms with Crippen LogP contribution in [0.1, 0.15) is 31.8 Å². The van der Waals surface area contributed by atoms with E-state index in [4.69, 9.17) is 5.73 Å². The molecule has 0 saturated heterocycles. The number of alkyl halides is 3. The van der Waals surface area contributed by atoms with E-state index in [-0.39, 0.29) is 43.3 Å². The molecular formula is C26H18F4N6O3S. The number of primary amides is 1. The molecular weight excluding hydrogens is 552 g/mol. The van der Waals surface area contributed by atoms with Crippen LogP contribution in [0.5, 0.6) is 0 Å². The quantitative estimate of drug-likeness (QED) is 0.297. The molecule has 2 amide bonds. The van der Waals surface area contributed by atoms with Crippen molar-refractivity contribution in [3.8, 4) is 16.3 Å². The molecule has 0 bridgehead atoms. The minimum Gasteiger partial charge on any atom is -0.366 e. The highest BCUT2D eigenvalue weighted by atomic mass is 32.1. The second-order valence-electron chi connectivity index (χ2n) is 8.81. The normalized spacial score (nSPS) is 11.7. The van der Waals surface area contributed by atoms with Gasteiger partial charge in [-0.3, -0.25) is 9.59 Å². The topological polar surface area (TPSA) is 125 Å². The molecule has 3 N–H and O–H groups in total. The van der Waals surface area contributed by atoms with E-state index in [0.717, 1.165) is 32.7 Å². The summed E-state index contributed by atoms with van der Waals surface area (Å²) in [4.78, 5) is 41.1. The lowest BCUT2D eigenvalue weighted by atomic mass is 10.1. The SMILES string of the molecule is Cc1cc(-n2cnn(C)c2=O)cc(F)c1-c1nc2cc(C(F)(F)F)cc(C(=O)Nc3cccc(C(N)=O)c3)c2s1. The maximum Gasteiger partial charge on any atom is 0.416 e. The van der Waals surface area contributed by atoms with Crippen molar-refractivity contribution in [1.29, 1.82) is 0 Å². The first kappa shape index (κ1) is 26.7. The smallest absolute Gasteiger partial charge is 0.366 e. The minimum absolute atomic E-state index is 0.0102. The molecule has 5 rings (SSSR count). The lowest BCUT2D eigenvalue weighted by Crippen LogP contribution is -2.21. The summed E-state index contributed by atoms with van der Waals surface area (Å²) in [6, 6.07) is 9.71. The zero-order valence-corrected chi connectivity index (χ0v) is 21.5. The van der Waals surface area contributed by atoms with Crippen LogP contribution < -0.4 is 16.7 Å². The van der Waals surface area contributed by atoms with E-state index in [1.54, 1.807) is 6.92 Å². The Morgan fingerprint density at radius 2 is 1.85 bits per heavy atom. The molecule has 3 aromatic carbocycles. The number of nitrogens with two attached hydrogens (primary N) is 1. The maximum atomic E-state index is 15.4. The summed E-state index contributed by atoms with van der Waals surface area (Å²) in [5.41, 5.74) is 3.96. The number of nitrogens with zero attached hydrogens (tertiary/aromatic N) is 4. The molecule has 0 spiro atoms. The van der Waals surface area contributed by atoms with Gasteiger partial charge in [0.15, 0.2) is 0 Å². The number of amides is 2. The molecule has 40 heavy (non-hydrogen) atoms. The average molecular weight is 571 g/mol. The molecule has 14 heteroatoms. The molecule has 0 aliphatic carbocycles. The van der Waals surface area contributed by atoms with Gasteiger partial charge in [0.05, 0.1) is 27.0 Å². The largest absolute Gasteiger partial charge is 0.416 e. The lowest BCUT2D eigenvalue weighted by Gasteiger charge is -2.11. The van der Waals surface area contributed by atoms with E-state index < -0.39 is 35.1 Å². The Morgan fingerprint density at radius 1 is 1.10 bits per heavy atom. The molecule has 2 aromatic heterocycles. The summed E-state index contributed by atoms with van der Waals surface area (Å²) in [5, 5.41) is 6.36. The second-order valence-corrected chi connectivity index (χ2v) is 9.81. The fraction of sp³-hybridized carbons (Fsp3) is 0.115. The third-order valence-electron chi connectivity index (χ3n) is 6.05. The van der Waals surface area contributed by atoms with Crippen molar-refractivity contribution in [1.82, 2.24) is 19.3 Å². The van der Waals surface area contributed by atoms with E-state index in [1.165, 1.54) is 43.7 Å². The summed E-state index contributed by atoms with van der Waals surface area (Å²) >= 11 is 0.842. The number of anilines is 1. The number of carbonyl (C=O) groups excluding carboxylic acids is 2. The average Bonchev–Trinajstić information content (AvgIpc) is 3.45. The molecule has 0 unspecified atom stereocenters. The van der Waals surface area contributed by atoms with E-state index in [1.807, 2.05) is 0 Å². The predicted molar refractivity (Wildman–Crippen MR) is 140 cm³/mol. The Balaban J connectivity index is 1.62. The van der Waals surface area contributed by atoms with Gasteiger partial charge in [-0.05, 0) is 55.0 Å². The number of carbonyl (C=O) groups is 2. The molecule has 0 atom stereocenters. The molecule has 204 valence electrons. The summed E-state index contributed by atoms with van der Waals surface area (Å²) in [6.45, 7) is 1.57. The summed E-state index contributed by atoms with van der Waals surface area (Å²) < 4.78 is 58.9. The highest BCUT2D eigenvalue weighted by Gasteiger charge is 2.33. The summed E-state index contributed by atoms with van der Waals surface area (Å²) in [6.07, 6.45) is -3.56. The van der Waals surface area contributed by atoms with Gasteiger partial charge in [-0.25, -0.2) is 23.4 Å². The Labute approximate surface area is 226 Å². The number of fused-ring (bicyclic) bond motifs is 1. The Kier molecular flexibility index (Phi) is 6.50. The van der Waals surface area contributed by atoms with Gasteiger partial charge in [-0.15, -0.1) is 11.3 Å². The molecule has 0 aliphatic heterocycles. The van der Waals surface area contributed by atoms with Crippen LogP contribution in [-0.2, 0) is 13.2 Å². The van der Waals surface area contributed by atoms with E-state index in [0.29, 0.717) is 11.6 Å². The van der Waals surface area contributed by atoms with E-state index >= 15 is 4.39 Å². The predicted octanol–water partition coefficient (Wildman–Crippen LogP) is 4.67. The Hall–Kier alpha value is -4.85. The van der Waals surface area contributed by atoms with Crippen LogP contribution in [0.4, 0.5) is 23.2 Å². The second kappa shape index (κ2) is 9.72. The standard InChI is InChI=1S/C26H18F4N6O3S/c1-12-6-16(36-11-32-35(2)25(36)39)10-18(27)20(12)24-34-19-9-14(26(28,29)30)8-17(21(19)40-24)23(38)33-15-5-3-4-13(7-15)22(31)37/h3-11H,1-2H3,(H2,31,37)(H,33,38). The van der Waals surface area contributed by atoms with Gasteiger partial charge in [-0.1, -0.05) is 6.07 Å². The van der Waals surface area contributed by atoms with Crippen LogP contribution in [0.2, 0.25) is 0 Å². The van der Waals surface area contributed by atoms with Crippen molar-refractivity contribution < 1.29 is 27.2 Å². The fourth-order valence-electron chi connectivity index (χ4n) is 4.12. The van der Waals surface area contributed by atoms with Crippen molar-refractivity contribution in [2.45, 2.75) is 13.1 Å². The van der Waals surface area contributed by atoms with Gasteiger partial charge in [-0.2, -0.15) is 18.3 Å². The molecule has 0 saturated carbocycles. The van der Waals surface area contributed by atoms with Crippen LogP contribution >= 0.6 is 11.3 Å². The van der Waals surface area contributed by atoms with Crippen LogP contribution in [0, 0.1) is 12.7 Å². The molecule has 9 nitrogen and oxygen atoms in total. The molecule has 5 aromatic rings. The van der Waals surface area contributed by atoms with Crippen molar-refractivity contribution in [3.05, 3.63) is 93.4 Å². The van der Waals surface area contributed by atoms with Gasteiger partial charge >= 0.3 is 11.9 Å². The van der Waals surface area contributed by atoms with Crippen molar-refractivity contribution >= 4 is 39.1 Å². The van der Waals surface area contributed by atoms with Crippen molar-refractivity contribution in [2.24, 2.45) is 12.8 Å². The van der Waals surface area contributed by atoms with Gasteiger partial charge in [0.1, 0.15) is 17.2 Å². The highest BCUT2D eigenvalue weighted by Crippen LogP contribution is 2.40. The van der Waals surface area contributed by atoms with Gasteiger partial charge in [0.2, 0.25) is 5.91 Å². The molecule has 2 heterocycles. The first-order valence-corrected chi connectivity index (χ1v) is 12.3. The van der Waals surface area contributed by atoms with Crippen molar-refractivity contribution in [3.63, 3.8) is 0 Å². The summed E-state index contributed by atoms with van der Waals surface area (Å²) in [5.74, 6) is -2.41. The zero-order chi connectivity index (χ0) is 28.9. The van der Waals surface area contributed by atoms with Crippen LogP contribution in [0.15, 0.2) is 59.7 Å². The van der Waals surface area contributed by atoms with Gasteiger partial charge in [0.25, 0.3) is 5.91 Å². The maximum absolute atomic E-state index is 15.4. The van der Waals surface area contributed by atoms with Gasteiger partial charge in [0, 0.05) is 23.9 Å². The van der Waals surface area contributed by atoms with E-state index in [9.17, 15) is 27.6 Å². The number of aryl methyl sites for hydroxylation is 2. The van der Waals surface area contributed by atoms with Crippen LogP contribution in [-0.4, -0.2) is 31.1 Å². The molecule has 0 aliphatic rings. The van der Waals surface area contributed by atoms with Crippen LogP contribution in [0.25, 0.3) is 26.5 Å². The number of hydrogen-bond donors (Lipinski definition) is 2. The monoisotopic (exact) mass is 570 g/mol. The van der Waals surface area contributed by atoms with Gasteiger partial charge < -0.3 is 11.1 Å². The lowest BCUT2D eigenvalue weighted by molar-refractivity contribution is -0.137. The number of rotatable bonds is 5. The zero-order valence-electron chi connectivity index (χ0n) is 20.7. The number of nitrogens with one attached hydrogen (secondary N) is 1. The highest BCUT2D eigenvalue weighted by molar-refractivity contribution is 7.22. The number of thiazole rings is 1. The number of halogens is 4. The third-order valence-corrected chi connectivity index (χ3v) is 7.18. The van der Waals surface area contributed by atoms with E-state index in [2.05, 4.69) is 15.4 Å². The Bertz CT molecular complexity index is 1870.